The number of β-amino-alcohol motifs (C(OH)–C–C–N with tert-alkyl or cyclic N) is 1. The second-order valence-corrected chi connectivity index (χ2v) is 7.33. The summed E-state index contributed by atoms with van der Waals surface area (Å²) in [6.45, 7) is 5.10. The first-order valence-corrected chi connectivity index (χ1v) is 8.75. The second kappa shape index (κ2) is 6.82. The van der Waals surface area contributed by atoms with Crippen LogP contribution in [0, 0.1) is 13.8 Å². The van der Waals surface area contributed by atoms with E-state index in [9.17, 15) is 9.90 Å². The summed E-state index contributed by atoms with van der Waals surface area (Å²) < 4.78 is 0. The average molecular weight is 347 g/mol. The SMILES string of the molecule is Cc1nc(C)c(C(=O)NCC2(O)CCCN(c3ncccn3)C2)s1. The van der Waals surface area contributed by atoms with Crippen molar-refractivity contribution >= 4 is 23.2 Å². The van der Waals surface area contributed by atoms with E-state index in [4.69, 9.17) is 0 Å². The van der Waals surface area contributed by atoms with Crippen LogP contribution in [0.15, 0.2) is 18.5 Å². The van der Waals surface area contributed by atoms with Crippen LogP contribution in [-0.2, 0) is 0 Å². The van der Waals surface area contributed by atoms with Gasteiger partial charge in [-0.25, -0.2) is 15.0 Å². The molecular formula is C16H21N5O2S. The zero-order valence-electron chi connectivity index (χ0n) is 13.8. The number of aromatic nitrogens is 3. The Morgan fingerprint density at radius 1 is 1.42 bits per heavy atom. The highest BCUT2D eigenvalue weighted by molar-refractivity contribution is 7.13. The first-order chi connectivity index (χ1) is 11.5. The first-order valence-electron chi connectivity index (χ1n) is 7.93. The van der Waals surface area contributed by atoms with Crippen LogP contribution in [0.1, 0.15) is 33.2 Å². The number of carbonyl (C=O) groups is 1. The molecule has 1 saturated heterocycles. The zero-order chi connectivity index (χ0) is 17.2. The number of nitrogens with one attached hydrogen (secondary N) is 1. The second-order valence-electron chi connectivity index (χ2n) is 6.13. The van der Waals surface area contributed by atoms with E-state index in [1.807, 2.05) is 18.7 Å². The van der Waals surface area contributed by atoms with E-state index in [2.05, 4.69) is 20.3 Å². The lowest BCUT2D eigenvalue weighted by Gasteiger charge is -2.39. The number of anilines is 1. The van der Waals surface area contributed by atoms with Gasteiger partial charge in [-0.1, -0.05) is 0 Å². The highest BCUT2D eigenvalue weighted by Gasteiger charge is 2.34. The number of rotatable bonds is 4. The Balaban J connectivity index is 1.63. The molecule has 1 fully saturated rings. The molecule has 0 spiro atoms. The number of hydrogen-bond acceptors (Lipinski definition) is 7. The Hall–Kier alpha value is -2.06. The van der Waals surface area contributed by atoms with Gasteiger partial charge in [0.2, 0.25) is 5.95 Å². The maximum Gasteiger partial charge on any atom is 0.263 e. The predicted octanol–water partition coefficient (Wildman–Crippen LogP) is 1.31. The van der Waals surface area contributed by atoms with Crippen molar-refractivity contribution in [2.24, 2.45) is 0 Å². The van der Waals surface area contributed by atoms with Crippen LogP contribution in [0.25, 0.3) is 0 Å². The average Bonchev–Trinajstić information content (AvgIpc) is 2.92. The molecule has 1 unspecified atom stereocenters. The van der Waals surface area contributed by atoms with E-state index in [0.717, 1.165) is 23.7 Å². The Morgan fingerprint density at radius 3 is 2.83 bits per heavy atom. The molecule has 0 radical (unpaired) electrons. The Bertz CT molecular complexity index is 721. The molecule has 0 bridgehead atoms. The molecular weight excluding hydrogens is 326 g/mol. The monoisotopic (exact) mass is 347 g/mol. The summed E-state index contributed by atoms with van der Waals surface area (Å²) in [5.41, 5.74) is -0.259. The minimum atomic E-state index is -0.985. The molecule has 7 nitrogen and oxygen atoms in total. The van der Waals surface area contributed by atoms with Crippen molar-refractivity contribution in [2.45, 2.75) is 32.3 Å². The fourth-order valence-electron chi connectivity index (χ4n) is 2.95. The highest BCUT2D eigenvalue weighted by Crippen LogP contribution is 2.24. The summed E-state index contributed by atoms with van der Waals surface area (Å²) in [6, 6.07) is 1.76. The van der Waals surface area contributed by atoms with Crippen molar-refractivity contribution in [3.8, 4) is 0 Å². The molecule has 8 heteroatoms. The van der Waals surface area contributed by atoms with E-state index in [1.54, 1.807) is 18.5 Å². The topological polar surface area (TPSA) is 91.2 Å². The van der Waals surface area contributed by atoms with Crippen molar-refractivity contribution in [3.05, 3.63) is 34.0 Å². The molecule has 128 valence electrons. The first kappa shape index (κ1) is 16.8. The Morgan fingerprint density at radius 2 is 2.17 bits per heavy atom. The number of thiazole rings is 1. The van der Waals surface area contributed by atoms with Gasteiger partial charge in [0.1, 0.15) is 4.88 Å². The minimum Gasteiger partial charge on any atom is -0.386 e. The molecule has 1 amide bonds. The van der Waals surface area contributed by atoms with E-state index < -0.39 is 5.60 Å². The number of aryl methyl sites for hydroxylation is 2. The Labute approximate surface area is 144 Å². The lowest BCUT2D eigenvalue weighted by atomic mass is 9.93. The number of aliphatic hydroxyl groups is 1. The van der Waals surface area contributed by atoms with Crippen LogP contribution in [0.2, 0.25) is 0 Å². The minimum absolute atomic E-state index is 0.181. The number of amides is 1. The van der Waals surface area contributed by atoms with Crippen molar-refractivity contribution in [2.75, 3.05) is 24.5 Å². The number of carbonyl (C=O) groups excluding carboxylic acids is 1. The third kappa shape index (κ3) is 3.70. The Kier molecular flexibility index (Phi) is 4.77. The molecule has 1 aliphatic heterocycles. The summed E-state index contributed by atoms with van der Waals surface area (Å²) >= 11 is 1.37. The number of nitrogens with zero attached hydrogens (tertiary/aromatic N) is 4. The van der Waals surface area contributed by atoms with Gasteiger partial charge in [0.05, 0.1) is 22.8 Å². The normalized spacial score (nSPS) is 20.9. The number of piperidine rings is 1. The fourth-order valence-corrected chi connectivity index (χ4v) is 3.79. The summed E-state index contributed by atoms with van der Waals surface area (Å²) in [4.78, 5) is 27.6. The summed E-state index contributed by atoms with van der Waals surface area (Å²) in [5.74, 6) is 0.426. The van der Waals surface area contributed by atoms with Crippen molar-refractivity contribution < 1.29 is 9.90 Å². The molecule has 1 aliphatic rings. The van der Waals surface area contributed by atoms with Gasteiger partial charge < -0.3 is 15.3 Å². The fraction of sp³-hybridized carbons (Fsp3) is 0.500. The molecule has 1 atom stereocenters. The van der Waals surface area contributed by atoms with E-state index in [0.29, 0.717) is 23.8 Å². The molecule has 24 heavy (non-hydrogen) atoms. The smallest absolute Gasteiger partial charge is 0.263 e. The van der Waals surface area contributed by atoms with Crippen LogP contribution in [0.3, 0.4) is 0 Å². The molecule has 2 N–H and O–H groups in total. The molecule has 0 aliphatic carbocycles. The number of hydrogen-bond donors (Lipinski definition) is 2. The molecule has 0 aromatic carbocycles. The van der Waals surface area contributed by atoms with Gasteiger partial charge in [0.25, 0.3) is 5.91 Å². The highest BCUT2D eigenvalue weighted by atomic mass is 32.1. The van der Waals surface area contributed by atoms with Crippen molar-refractivity contribution in [3.63, 3.8) is 0 Å². The van der Waals surface area contributed by atoms with Gasteiger partial charge in [-0.05, 0) is 32.8 Å². The third-order valence-corrected chi connectivity index (χ3v) is 5.15. The summed E-state index contributed by atoms with van der Waals surface area (Å²) in [7, 11) is 0. The lowest BCUT2D eigenvalue weighted by molar-refractivity contribution is 0.0253. The quantitative estimate of drug-likeness (QED) is 0.866. The van der Waals surface area contributed by atoms with Crippen LogP contribution in [0.5, 0.6) is 0 Å². The van der Waals surface area contributed by atoms with Crippen molar-refractivity contribution in [1.29, 1.82) is 0 Å². The molecule has 2 aromatic heterocycles. The predicted molar refractivity (Wildman–Crippen MR) is 92.4 cm³/mol. The maximum atomic E-state index is 12.3. The van der Waals surface area contributed by atoms with Crippen LogP contribution >= 0.6 is 11.3 Å². The maximum absolute atomic E-state index is 12.3. The van der Waals surface area contributed by atoms with Gasteiger partial charge in [-0.3, -0.25) is 4.79 Å². The lowest BCUT2D eigenvalue weighted by Crippen LogP contribution is -2.54. The molecule has 3 rings (SSSR count). The summed E-state index contributed by atoms with van der Waals surface area (Å²) in [6.07, 6.45) is 4.83. The van der Waals surface area contributed by atoms with E-state index >= 15 is 0 Å². The summed E-state index contributed by atoms with van der Waals surface area (Å²) in [5, 5.41) is 14.6. The van der Waals surface area contributed by atoms with Gasteiger partial charge >= 0.3 is 0 Å². The van der Waals surface area contributed by atoms with Crippen LogP contribution < -0.4 is 10.2 Å². The van der Waals surface area contributed by atoms with E-state index in [-0.39, 0.29) is 12.5 Å². The zero-order valence-corrected chi connectivity index (χ0v) is 14.6. The van der Waals surface area contributed by atoms with E-state index in [1.165, 1.54) is 11.3 Å². The van der Waals surface area contributed by atoms with Gasteiger partial charge in [-0.2, -0.15) is 0 Å². The van der Waals surface area contributed by atoms with Crippen LogP contribution in [-0.4, -0.2) is 51.2 Å². The standard InChI is InChI=1S/C16H21N5O2S/c1-11-13(24-12(2)20-11)14(22)19-9-16(23)5-3-8-21(10-16)15-17-6-4-7-18-15/h4,6-7,23H,3,5,8-10H2,1-2H3,(H,19,22). The molecule has 3 heterocycles. The third-order valence-electron chi connectivity index (χ3n) is 4.08. The van der Waals surface area contributed by atoms with Crippen molar-refractivity contribution in [1.82, 2.24) is 20.3 Å². The van der Waals surface area contributed by atoms with Gasteiger partial charge in [-0.15, -0.1) is 11.3 Å². The molecule has 0 saturated carbocycles. The van der Waals surface area contributed by atoms with Gasteiger partial charge in [0.15, 0.2) is 0 Å². The molecule has 2 aromatic rings. The van der Waals surface area contributed by atoms with Gasteiger partial charge in [0, 0.05) is 25.5 Å². The van der Waals surface area contributed by atoms with Crippen LogP contribution in [0.4, 0.5) is 5.95 Å². The largest absolute Gasteiger partial charge is 0.386 e.